The van der Waals surface area contributed by atoms with Crippen molar-refractivity contribution in [2.24, 2.45) is 0 Å². The van der Waals surface area contributed by atoms with Crippen LogP contribution in [0.3, 0.4) is 0 Å². The van der Waals surface area contributed by atoms with E-state index in [2.05, 4.69) is 20.3 Å². The highest BCUT2D eigenvalue weighted by molar-refractivity contribution is 7.98. The Bertz CT molecular complexity index is 730. The largest absolute Gasteiger partial charge is 0.354 e. The summed E-state index contributed by atoms with van der Waals surface area (Å²) in [6, 6.07) is -0.0642. The second-order valence-corrected chi connectivity index (χ2v) is 5.85. The van der Waals surface area contributed by atoms with E-state index < -0.39 is 6.29 Å². The predicted octanol–water partition coefficient (Wildman–Crippen LogP) is 1.52. The number of methoxy groups -OCH3 is 2. The minimum Gasteiger partial charge on any atom is -0.354 e. The van der Waals surface area contributed by atoms with E-state index in [0.29, 0.717) is 28.7 Å². The second-order valence-electron chi connectivity index (χ2n) is 5.08. The van der Waals surface area contributed by atoms with Gasteiger partial charge in [0.25, 0.3) is 5.56 Å². The summed E-state index contributed by atoms with van der Waals surface area (Å²) in [5.41, 5.74) is 0.201. The van der Waals surface area contributed by atoms with Crippen molar-refractivity contribution in [1.82, 2.24) is 19.5 Å². The molecule has 9 heteroatoms. The van der Waals surface area contributed by atoms with Crippen molar-refractivity contribution in [3.05, 3.63) is 16.6 Å². The lowest BCUT2D eigenvalue weighted by atomic mass is 10.3. The van der Waals surface area contributed by atoms with E-state index in [0.717, 1.165) is 0 Å². The number of fused-ring (bicyclic) bond motifs is 1. The van der Waals surface area contributed by atoms with Gasteiger partial charge in [-0.25, -0.2) is 9.97 Å². The summed E-state index contributed by atoms with van der Waals surface area (Å²) >= 11 is 1.40. The molecular formula is C14H21N5O3S. The van der Waals surface area contributed by atoms with E-state index in [1.807, 2.05) is 20.1 Å². The van der Waals surface area contributed by atoms with Crippen LogP contribution in [-0.2, 0) is 9.47 Å². The second kappa shape index (κ2) is 7.71. The van der Waals surface area contributed by atoms with E-state index in [4.69, 9.17) is 9.47 Å². The lowest BCUT2D eigenvalue weighted by Gasteiger charge is -2.19. The molecule has 2 heterocycles. The Balaban J connectivity index is 2.51. The van der Waals surface area contributed by atoms with Crippen molar-refractivity contribution in [3.8, 4) is 0 Å². The number of ether oxygens (including phenoxy) is 2. The Morgan fingerprint density at radius 1 is 1.30 bits per heavy atom. The van der Waals surface area contributed by atoms with Gasteiger partial charge < -0.3 is 14.8 Å². The van der Waals surface area contributed by atoms with E-state index in [9.17, 15) is 4.79 Å². The third-order valence-electron chi connectivity index (χ3n) is 3.29. The molecule has 23 heavy (non-hydrogen) atoms. The lowest BCUT2D eigenvalue weighted by molar-refractivity contribution is -0.0915. The minimum atomic E-state index is -0.435. The molecule has 0 amide bonds. The summed E-state index contributed by atoms with van der Waals surface area (Å²) in [7, 11) is 3.11. The zero-order valence-corrected chi connectivity index (χ0v) is 14.7. The summed E-state index contributed by atoms with van der Waals surface area (Å²) in [6.07, 6.45) is 2.96. The van der Waals surface area contributed by atoms with Crippen LogP contribution in [0, 0.1) is 0 Å². The highest BCUT2D eigenvalue weighted by Crippen LogP contribution is 2.16. The summed E-state index contributed by atoms with van der Waals surface area (Å²) in [5.74, 6) is 0.433. The third kappa shape index (κ3) is 3.80. The number of thioether (sulfide) groups is 1. The van der Waals surface area contributed by atoms with E-state index in [-0.39, 0.29) is 11.6 Å². The number of nitrogens with zero attached hydrogens (tertiary/aromatic N) is 4. The molecule has 0 bridgehead atoms. The number of anilines is 1. The van der Waals surface area contributed by atoms with Crippen molar-refractivity contribution in [2.45, 2.75) is 31.3 Å². The molecular weight excluding hydrogens is 318 g/mol. The molecule has 0 aromatic carbocycles. The highest BCUT2D eigenvalue weighted by atomic mass is 32.2. The van der Waals surface area contributed by atoms with Crippen LogP contribution in [0.25, 0.3) is 11.0 Å². The zero-order chi connectivity index (χ0) is 17.0. The number of rotatable bonds is 7. The predicted molar refractivity (Wildman–Crippen MR) is 90.1 cm³/mol. The topological polar surface area (TPSA) is 91.2 Å². The number of nitrogens with one attached hydrogen (secondary N) is 1. The zero-order valence-electron chi connectivity index (χ0n) is 13.9. The van der Waals surface area contributed by atoms with Crippen LogP contribution < -0.4 is 10.9 Å². The first kappa shape index (κ1) is 17.6. The molecule has 0 fully saturated rings. The van der Waals surface area contributed by atoms with Gasteiger partial charge in [-0.3, -0.25) is 9.36 Å². The fourth-order valence-corrected chi connectivity index (χ4v) is 2.45. The summed E-state index contributed by atoms with van der Waals surface area (Å²) < 4.78 is 11.9. The van der Waals surface area contributed by atoms with Crippen LogP contribution in [0.15, 0.2) is 16.1 Å². The van der Waals surface area contributed by atoms with Crippen LogP contribution in [0.4, 0.5) is 5.95 Å². The van der Waals surface area contributed by atoms with Gasteiger partial charge in [-0.05, 0) is 20.1 Å². The molecule has 8 nitrogen and oxygen atoms in total. The molecule has 126 valence electrons. The fourth-order valence-electron chi connectivity index (χ4n) is 2.11. The van der Waals surface area contributed by atoms with Gasteiger partial charge in [0.1, 0.15) is 5.39 Å². The summed E-state index contributed by atoms with van der Waals surface area (Å²) in [4.78, 5) is 25.7. The molecule has 0 aliphatic heterocycles. The van der Waals surface area contributed by atoms with E-state index in [1.165, 1.54) is 18.0 Å². The fraction of sp³-hybridized carbons (Fsp3) is 0.571. The highest BCUT2D eigenvalue weighted by Gasteiger charge is 2.16. The number of hydrogen-bond donors (Lipinski definition) is 1. The Labute approximate surface area is 138 Å². The van der Waals surface area contributed by atoms with Gasteiger partial charge in [-0.15, -0.1) is 0 Å². The average molecular weight is 339 g/mol. The maximum absolute atomic E-state index is 12.7. The van der Waals surface area contributed by atoms with Crippen LogP contribution in [0.2, 0.25) is 0 Å². The molecule has 0 saturated heterocycles. The maximum atomic E-state index is 12.7. The van der Waals surface area contributed by atoms with Gasteiger partial charge in [0.05, 0.1) is 6.54 Å². The monoisotopic (exact) mass is 339 g/mol. The summed E-state index contributed by atoms with van der Waals surface area (Å²) in [6.45, 7) is 4.20. The van der Waals surface area contributed by atoms with Gasteiger partial charge in [0, 0.05) is 26.5 Å². The standard InChI is InChI=1S/C14H21N5O3S/c1-8(2)19-12(20)9-6-16-14(23-5)18-11(9)17-13(19)15-7-10(21-3)22-4/h6,8,10H,7H2,1-5H3,(H,15,16,17,18). The van der Waals surface area contributed by atoms with Crippen molar-refractivity contribution in [2.75, 3.05) is 32.3 Å². The minimum absolute atomic E-state index is 0.0642. The molecule has 0 aliphatic carbocycles. The van der Waals surface area contributed by atoms with E-state index >= 15 is 0 Å². The van der Waals surface area contributed by atoms with Crippen LogP contribution >= 0.6 is 11.8 Å². The lowest BCUT2D eigenvalue weighted by Crippen LogP contribution is -2.31. The van der Waals surface area contributed by atoms with Crippen molar-refractivity contribution >= 4 is 28.7 Å². The van der Waals surface area contributed by atoms with Crippen LogP contribution in [-0.4, -0.2) is 52.8 Å². The quantitative estimate of drug-likeness (QED) is 0.461. The molecule has 1 N–H and O–H groups in total. The first-order chi connectivity index (χ1) is 11.0. The summed E-state index contributed by atoms with van der Waals surface area (Å²) in [5, 5.41) is 4.08. The van der Waals surface area contributed by atoms with Crippen molar-refractivity contribution < 1.29 is 9.47 Å². The van der Waals surface area contributed by atoms with E-state index in [1.54, 1.807) is 18.8 Å². The molecule has 0 saturated carbocycles. The molecule has 2 aromatic rings. The Morgan fingerprint density at radius 2 is 2.00 bits per heavy atom. The van der Waals surface area contributed by atoms with Gasteiger partial charge in [-0.2, -0.15) is 4.98 Å². The number of aromatic nitrogens is 4. The maximum Gasteiger partial charge on any atom is 0.266 e. The Morgan fingerprint density at radius 3 is 2.57 bits per heavy atom. The number of hydrogen-bond acceptors (Lipinski definition) is 8. The first-order valence-corrected chi connectivity index (χ1v) is 8.37. The molecule has 0 unspecified atom stereocenters. The SMILES string of the molecule is COC(CNc1nc2nc(SC)ncc2c(=O)n1C(C)C)OC. The normalized spacial score (nSPS) is 11.6. The van der Waals surface area contributed by atoms with Gasteiger partial charge in [0.15, 0.2) is 17.1 Å². The Hall–Kier alpha value is -1.71. The molecule has 0 atom stereocenters. The van der Waals surface area contributed by atoms with Crippen molar-refractivity contribution in [1.29, 1.82) is 0 Å². The molecule has 0 aliphatic rings. The third-order valence-corrected chi connectivity index (χ3v) is 3.85. The van der Waals surface area contributed by atoms with Crippen LogP contribution in [0.1, 0.15) is 19.9 Å². The van der Waals surface area contributed by atoms with Gasteiger partial charge in [0.2, 0.25) is 5.95 Å². The first-order valence-electron chi connectivity index (χ1n) is 7.14. The van der Waals surface area contributed by atoms with Crippen molar-refractivity contribution in [3.63, 3.8) is 0 Å². The average Bonchev–Trinajstić information content (AvgIpc) is 2.54. The van der Waals surface area contributed by atoms with Gasteiger partial charge in [-0.1, -0.05) is 11.8 Å². The molecule has 2 aromatic heterocycles. The van der Waals surface area contributed by atoms with Gasteiger partial charge >= 0.3 is 0 Å². The molecule has 0 spiro atoms. The molecule has 0 radical (unpaired) electrons. The Kier molecular flexibility index (Phi) is 5.91. The smallest absolute Gasteiger partial charge is 0.266 e. The van der Waals surface area contributed by atoms with Crippen LogP contribution in [0.5, 0.6) is 0 Å². The molecule has 2 rings (SSSR count).